The molecule has 3 aromatic heterocycles. The van der Waals surface area contributed by atoms with Crippen LogP contribution in [0, 0.1) is 0 Å². The van der Waals surface area contributed by atoms with Gasteiger partial charge in [0.1, 0.15) is 11.6 Å². The fraction of sp³-hybridized carbons (Fsp3) is 0.0952. The quantitative estimate of drug-likeness (QED) is 0.207. The summed E-state index contributed by atoms with van der Waals surface area (Å²) in [6.45, 7) is 1.43. The molecule has 0 aliphatic heterocycles. The van der Waals surface area contributed by atoms with Crippen LogP contribution in [-0.4, -0.2) is 20.9 Å². The van der Waals surface area contributed by atoms with E-state index in [0.29, 0.717) is 16.7 Å². The molecule has 0 radical (unpaired) electrons. The van der Waals surface area contributed by atoms with Crippen molar-refractivity contribution in [1.29, 1.82) is 0 Å². The van der Waals surface area contributed by atoms with E-state index in [9.17, 15) is 10.3 Å². The third-order valence-corrected chi connectivity index (χ3v) is 5.93. The number of carbonyl (C=O) groups excluding carboxylic acids is 1. The number of pyridine rings is 1. The number of hydrogen-bond donors (Lipinski definition) is 2. The Balaban J connectivity index is 1.85. The number of thiophene rings is 1. The average molecular weight is 450 g/mol. The van der Waals surface area contributed by atoms with Gasteiger partial charge in [-0.25, -0.2) is 9.97 Å². The molecule has 1 aromatic carbocycles. The largest absolute Gasteiger partial charge is 0.344 e. The minimum Gasteiger partial charge on any atom is -0.344 e. The van der Waals surface area contributed by atoms with Crippen molar-refractivity contribution < 1.29 is 4.79 Å². The summed E-state index contributed by atoms with van der Waals surface area (Å²) in [6, 6.07) is 12.3. The molecule has 0 spiro atoms. The highest BCUT2D eigenvalue weighted by Gasteiger charge is 2.22. The van der Waals surface area contributed by atoms with Gasteiger partial charge in [-0.2, -0.15) is 0 Å². The van der Waals surface area contributed by atoms with Crippen molar-refractivity contribution in [2.75, 3.05) is 5.32 Å². The summed E-state index contributed by atoms with van der Waals surface area (Å²) in [5.41, 5.74) is 11.7. The molecule has 1 atom stereocenters. The van der Waals surface area contributed by atoms with Crippen molar-refractivity contribution >= 4 is 34.7 Å². The molecule has 0 saturated heterocycles. The van der Waals surface area contributed by atoms with E-state index in [-0.39, 0.29) is 5.91 Å². The maximum atomic E-state index is 11.4. The zero-order chi connectivity index (χ0) is 21.8. The normalized spacial score (nSPS) is 11.5. The van der Waals surface area contributed by atoms with Crippen molar-refractivity contribution in [1.82, 2.24) is 15.0 Å². The number of nitrogens with zero attached hydrogens (tertiary/aromatic N) is 5. The Labute approximate surface area is 186 Å². The standard InChI is InChI=1S/C21H16ClN7OS/c1-12(30)27-18-10-14(6-7-24-18)17-11-16(20(31-17)21-25-8-9-26-21)19(28-29-23)13-2-4-15(22)5-3-13/h2-11,19H,1H3,(H,25,26)(H,24,27,30). The number of azide groups is 1. The monoisotopic (exact) mass is 449 g/mol. The molecule has 0 bridgehead atoms. The minimum absolute atomic E-state index is 0.195. The van der Waals surface area contributed by atoms with E-state index in [0.717, 1.165) is 26.4 Å². The van der Waals surface area contributed by atoms with Crippen LogP contribution in [0.25, 0.3) is 31.6 Å². The topological polar surface area (TPSA) is 119 Å². The predicted octanol–water partition coefficient (Wildman–Crippen LogP) is 6.21. The van der Waals surface area contributed by atoms with Crippen molar-refractivity contribution in [2.45, 2.75) is 13.0 Å². The first-order valence-electron chi connectivity index (χ1n) is 9.22. The van der Waals surface area contributed by atoms with Crippen LogP contribution in [0.3, 0.4) is 0 Å². The van der Waals surface area contributed by atoms with Crippen LogP contribution in [0.2, 0.25) is 5.02 Å². The number of aromatic nitrogens is 3. The van der Waals surface area contributed by atoms with Gasteiger partial charge in [0.2, 0.25) is 5.91 Å². The Kier molecular flexibility index (Phi) is 5.99. The lowest BCUT2D eigenvalue weighted by Crippen LogP contribution is -2.07. The number of anilines is 1. The second-order valence-electron chi connectivity index (χ2n) is 6.60. The van der Waals surface area contributed by atoms with E-state index in [1.54, 1.807) is 36.8 Å². The van der Waals surface area contributed by atoms with Gasteiger partial charge in [-0.15, -0.1) is 11.3 Å². The van der Waals surface area contributed by atoms with Gasteiger partial charge in [0.15, 0.2) is 0 Å². The summed E-state index contributed by atoms with van der Waals surface area (Å²) in [7, 11) is 0. The van der Waals surface area contributed by atoms with E-state index in [4.69, 9.17) is 11.6 Å². The molecule has 31 heavy (non-hydrogen) atoms. The molecule has 10 heteroatoms. The highest BCUT2D eigenvalue weighted by molar-refractivity contribution is 7.19. The molecule has 1 amide bonds. The maximum Gasteiger partial charge on any atom is 0.222 e. The summed E-state index contributed by atoms with van der Waals surface area (Å²) in [5.74, 6) is 0.942. The first kappa shape index (κ1) is 20.6. The van der Waals surface area contributed by atoms with E-state index in [2.05, 4.69) is 30.3 Å². The zero-order valence-electron chi connectivity index (χ0n) is 16.3. The van der Waals surface area contributed by atoms with Gasteiger partial charge in [-0.05, 0) is 52.6 Å². The SMILES string of the molecule is CC(=O)Nc1cc(-c2cc(C(N=[N+]=[N-])c3ccc(Cl)cc3)c(-c3ncc[nH]3)s2)ccn1. The van der Waals surface area contributed by atoms with Crippen LogP contribution in [-0.2, 0) is 4.79 Å². The van der Waals surface area contributed by atoms with E-state index < -0.39 is 6.04 Å². The molecule has 4 aromatic rings. The predicted molar refractivity (Wildman–Crippen MR) is 122 cm³/mol. The Hall–Kier alpha value is -3.65. The average Bonchev–Trinajstić information content (AvgIpc) is 3.42. The number of aromatic amines is 1. The lowest BCUT2D eigenvalue weighted by Gasteiger charge is -2.12. The number of amides is 1. The van der Waals surface area contributed by atoms with Crippen LogP contribution >= 0.6 is 22.9 Å². The number of carbonyl (C=O) groups is 1. The molecular formula is C21H16ClN7OS. The van der Waals surface area contributed by atoms with Gasteiger partial charge in [0.25, 0.3) is 0 Å². The van der Waals surface area contributed by atoms with Crippen molar-refractivity contribution in [3.8, 4) is 21.1 Å². The number of nitrogens with one attached hydrogen (secondary N) is 2. The van der Waals surface area contributed by atoms with Crippen molar-refractivity contribution in [2.24, 2.45) is 5.11 Å². The number of imidazole rings is 1. The smallest absolute Gasteiger partial charge is 0.222 e. The zero-order valence-corrected chi connectivity index (χ0v) is 17.9. The molecule has 0 aliphatic rings. The summed E-state index contributed by atoms with van der Waals surface area (Å²) in [6.07, 6.45) is 5.05. The van der Waals surface area contributed by atoms with Gasteiger partial charge in [-0.1, -0.05) is 28.8 Å². The van der Waals surface area contributed by atoms with Crippen LogP contribution < -0.4 is 5.32 Å². The highest BCUT2D eigenvalue weighted by Crippen LogP contribution is 2.43. The van der Waals surface area contributed by atoms with Crippen LogP contribution in [0.1, 0.15) is 24.1 Å². The van der Waals surface area contributed by atoms with Crippen LogP contribution in [0.5, 0.6) is 0 Å². The molecule has 0 saturated carbocycles. The fourth-order valence-electron chi connectivity index (χ4n) is 3.16. The van der Waals surface area contributed by atoms with E-state index in [1.807, 2.05) is 24.3 Å². The number of halogens is 1. The van der Waals surface area contributed by atoms with Gasteiger partial charge < -0.3 is 10.3 Å². The second kappa shape index (κ2) is 9.01. The fourth-order valence-corrected chi connectivity index (χ4v) is 4.44. The maximum absolute atomic E-state index is 11.4. The molecule has 2 N–H and O–H groups in total. The summed E-state index contributed by atoms with van der Waals surface area (Å²) >= 11 is 7.54. The molecule has 0 aliphatic carbocycles. The third-order valence-electron chi connectivity index (χ3n) is 4.47. The van der Waals surface area contributed by atoms with Crippen molar-refractivity contribution in [3.63, 3.8) is 0 Å². The number of H-pyrrole nitrogens is 1. The van der Waals surface area contributed by atoms with E-state index in [1.165, 1.54) is 18.3 Å². The number of rotatable bonds is 6. The Bertz CT molecular complexity index is 1260. The molecular weight excluding hydrogens is 434 g/mol. The Morgan fingerprint density at radius 1 is 1.23 bits per heavy atom. The van der Waals surface area contributed by atoms with Gasteiger partial charge in [0.05, 0.1) is 10.9 Å². The molecule has 0 fully saturated rings. The number of benzene rings is 1. The lowest BCUT2D eigenvalue weighted by atomic mass is 9.99. The van der Waals surface area contributed by atoms with Gasteiger partial charge >= 0.3 is 0 Å². The lowest BCUT2D eigenvalue weighted by molar-refractivity contribution is -0.114. The molecule has 4 rings (SSSR count). The van der Waals surface area contributed by atoms with Crippen LogP contribution in [0.4, 0.5) is 5.82 Å². The van der Waals surface area contributed by atoms with Gasteiger partial charge in [-0.3, -0.25) is 4.79 Å². The molecule has 8 nitrogen and oxygen atoms in total. The summed E-state index contributed by atoms with van der Waals surface area (Å²) in [5, 5.41) is 7.36. The van der Waals surface area contributed by atoms with Crippen LogP contribution in [0.15, 0.2) is 66.2 Å². The third kappa shape index (κ3) is 4.59. The molecule has 154 valence electrons. The molecule has 1 unspecified atom stereocenters. The summed E-state index contributed by atoms with van der Waals surface area (Å²) < 4.78 is 0. The van der Waals surface area contributed by atoms with Crippen molar-refractivity contribution in [3.05, 3.63) is 87.6 Å². The first-order chi connectivity index (χ1) is 15.0. The second-order valence-corrected chi connectivity index (χ2v) is 8.09. The molecule has 3 heterocycles. The number of hydrogen-bond acceptors (Lipinski definition) is 5. The van der Waals surface area contributed by atoms with Gasteiger partial charge in [0, 0.05) is 40.3 Å². The Morgan fingerprint density at radius 2 is 2.03 bits per heavy atom. The highest BCUT2D eigenvalue weighted by atomic mass is 35.5. The minimum atomic E-state index is -0.566. The Morgan fingerprint density at radius 3 is 2.71 bits per heavy atom. The van der Waals surface area contributed by atoms with E-state index >= 15 is 0 Å². The summed E-state index contributed by atoms with van der Waals surface area (Å²) in [4.78, 5) is 27.9. The first-order valence-corrected chi connectivity index (χ1v) is 10.4.